The number of carboxylic acid groups (broad SMARTS) is 1. The summed E-state index contributed by atoms with van der Waals surface area (Å²) in [5.74, 6) is -0.260. The summed E-state index contributed by atoms with van der Waals surface area (Å²) in [4.78, 5) is 10.3. The summed E-state index contributed by atoms with van der Waals surface area (Å²) in [7, 11) is 0. The van der Waals surface area contributed by atoms with Crippen LogP contribution < -0.4 is 0 Å². The number of carboxylic acids is 1. The van der Waals surface area contributed by atoms with Crippen molar-refractivity contribution in [1.82, 2.24) is 10.2 Å². The maximum atomic E-state index is 10.3. The van der Waals surface area contributed by atoms with E-state index in [4.69, 9.17) is 14.3 Å². The van der Waals surface area contributed by atoms with Crippen LogP contribution in [0.2, 0.25) is 0 Å². The molecule has 0 bridgehead atoms. The molecule has 2 rings (SSSR count). The van der Waals surface area contributed by atoms with Crippen molar-refractivity contribution in [2.45, 2.75) is 17.6 Å². The fourth-order valence-electron chi connectivity index (χ4n) is 1.30. The van der Waals surface area contributed by atoms with Gasteiger partial charge in [-0.1, -0.05) is 11.8 Å². The van der Waals surface area contributed by atoms with Crippen molar-refractivity contribution in [1.29, 1.82) is 0 Å². The lowest BCUT2D eigenvalue weighted by Gasteiger charge is -1.98. The van der Waals surface area contributed by atoms with Gasteiger partial charge in [0.1, 0.15) is 5.75 Å². The van der Waals surface area contributed by atoms with Crippen LogP contribution in [0.25, 0.3) is 0 Å². The van der Waals surface area contributed by atoms with Crippen molar-refractivity contribution in [2.75, 3.05) is 19.0 Å². The van der Waals surface area contributed by atoms with Crippen molar-refractivity contribution in [3.05, 3.63) is 5.89 Å². The Morgan fingerprint density at radius 2 is 2.47 bits per heavy atom. The van der Waals surface area contributed by atoms with Crippen molar-refractivity contribution in [2.24, 2.45) is 0 Å². The van der Waals surface area contributed by atoms with E-state index < -0.39 is 5.97 Å². The lowest BCUT2D eigenvalue weighted by Crippen LogP contribution is -1.97. The van der Waals surface area contributed by atoms with Gasteiger partial charge in [-0.25, -0.2) is 0 Å². The highest BCUT2D eigenvalue weighted by Gasteiger charge is 2.23. The SMILES string of the molecule is O=C(O)CSc1nnc(C2CCOC2)o1. The third-order valence-electron chi connectivity index (χ3n) is 2.02. The number of rotatable bonds is 4. The largest absolute Gasteiger partial charge is 0.481 e. The molecule has 1 N–H and O–H groups in total. The fraction of sp³-hybridized carbons (Fsp3) is 0.625. The highest BCUT2D eigenvalue weighted by molar-refractivity contribution is 7.99. The van der Waals surface area contributed by atoms with Gasteiger partial charge < -0.3 is 14.3 Å². The molecule has 1 atom stereocenters. The van der Waals surface area contributed by atoms with Crippen molar-refractivity contribution in [3.8, 4) is 0 Å². The molecule has 1 aliphatic rings. The Labute approximate surface area is 90.0 Å². The number of nitrogens with zero attached hydrogens (tertiary/aromatic N) is 2. The molecule has 7 heteroatoms. The smallest absolute Gasteiger partial charge is 0.314 e. The summed E-state index contributed by atoms with van der Waals surface area (Å²) in [6.45, 7) is 1.32. The average Bonchev–Trinajstić information content (AvgIpc) is 2.85. The molecule has 0 spiro atoms. The molecule has 0 amide bonds. The fourth-order valence-corrected chi connectivity index (χ4v) is 1.79. The summed E-state index contributed by atoms with van der Waals surface area (Å²) < 4.78 is 10.5. The summed E-state index contributed by atoms with van der Waals surface area (Å²) in [5.41, 5.74) is 0. The summed E-state index contributed by atoms with van der Waals surface area (Å²) in [5, 5.41) is 16.4. The molecule has 1 aromatic rings. The van der Waals surface area contributed by atoms with Gasteiger partial charge in [0.15, 0.2) is 0 Å². The van der Waals surface area contributed by atoms with E-state index in [0.29, 0.717) is 24.3 Å². The van der Waals surface area contributed by atoms with Gasteiger partial charge >= 0.3 is 5.97 Å². The zero-order valence-electron chi connectivity index (χ0n) is 7.88. The molecule has 0 radical (unpaired) electrons. The highest BCUT2D eigenvalue weighted by Crippen LogP contribution is 2.26. The van der Waals surface area contributed by atoms with Crippen LogP contribution in [-0.2, 0) is 9.53 Å². The predicted molar refractivity (Wildman–Crippen MR) is 50.8 cm³/mol. The van der Waals surface area contributed by atoms with Gasteiger partial charge in [-0.2, -0.15) is 0 Å². The monoisotopic (exact) mass is 230 g/mol. The molecule has 6 nitrogen and oxygen atoms in total. The molecule has 1 fully saturated rings. The van der Waals surface area contributed by atoms with Gasteiger partial charge in [-0.3, -0.25) is 4.79 Å². The number of carbonyl (C=O) groups is 1. The van der Waals surface area contributed by atoms with E-state index in [2.05, 4.69) is 10.2 Å². The Morgan fingerprint density at radius 3 is 3.13 bits per heavy atom. The second-order valence-electron chi connectivity index (χ2n) is 3.15. The molecule has 0 aliphatic carbocycles. The predicted octanol–water partition coefficient (Wildman–Crippen LogP) is 0.750. The van der Waals surface area contributed by atoms with E-state index in [-0.39, 0.29) is 11.7 Å². The van der Waals surface area contributed by atoms with Gasteiger partial charge in [0.25, 0.3) is 5.22 Å². The zero-order valence-corrected chi connectivity index (χ0v) is 8.70. The standard InChI is InChI=1S/C8H10N2O4S/c11-6(12)4-15-8-10-9-7(14-8)5-1-2-13-3-5/h5H,1-4H2,(H,11,12). The normalized spacial score (nSPS) is 20.7. The highest BCUT2D eigenvalue weighted by atomic mass is 32.2. The molecule has 1 aromatic heterocycles. The summed E-state index contributed by atoms with van der Waals surface area (Å²) in [6, 6.07) is 0. The van der Waals surface area contributed by atoms with Gasteiger partial charge in [0.2, 0.25) is 5.89 Å². The molecule has 1 unspecified atom stereocenters. The topological polar surface area (TPSA) is 85.5 Å². The number of hydrogen-bond donors (Lipinski definition) is 1. The molecule has 15 heavy (non-hydrogen) atoms. The first-order valence-electron chi connectivity index (χ1n) is 4.51. The number of aromatic nitrogens is 2. The van der Waals surface area contributed by atoms with E-state index in [1.165, 1.54) is 0 Å². The van der Waals surface area contributed by atoms with Crippen LogP contribution in [0.15, 0.2) is 9.64 Å². The minimum absolute atomic E-state index is 0.0667. The summed E-state index contributed by atoms with van der Waals surface area (Å²) in [6.07, 6.45) is 0.880. The third kappa shape index (κ3) is 2.69. The van der Waals surface area contributed by atoms with Crippen LogP contribution in [0, 0.1) is 0 Å². The first kappa shape index (κ1) is 10.4. The molecule has 1 saturated heterocycles. The Bertz CT molecular complexity index is 348. The first-order valence-corrected chi connectivity index (χ1v) is 5.50. The number of hydrogen-bond acceptors (Lipinski definition) is 6. The van der Waals surface area contributed by atoms with E-state index in [0.717, 1.165) is 18.2 Å². The van der Waals surface area contributed by atoms with Crippen molar-refractivity contribution >= 4 is 17.7 Å². The molecule has 82 valence electrons. The zero-order chi connectivity index (χ0) is 10.7. The van der Waals surface area contributed by atoms with Gasteiger partial charge in [0.05, 0.1) is 12.5 Å². The minimum Gasteiger partial charge on any atom is -0.481 e. The van der Waals surface area contributed by atoms with Crippen LogP contribution in [0.3, 0.4) is 0 Å². The van der Waals surface area contributed by atoms with Crippen LogP contribution in [-0.4, -0.2) is 40.2 Å². The number of thioether (sulfide) groups is 1. The Hall–Kier alpha value is -1.08. The quantitative estimate of drug-likeness (QED) is 0.764. The second kappa shape index (κ2) is 4.63. The minimum atomic E-state index is -0.899. The third-order valence-corrected chi connectivity index (χ3v) is 2.82. The van der Waals surface area contributed by atoms with E-state index in [1.807, 2.05) is 0 Å². The van der Waals surface area contributed by atoms with Crippen LogP contribution in [0.4, 0.5) is 0 Å². The second-order valence-corrected chi connectivity index (χ2v) is 4.08. The lowest BCUT2D eigenvalue weighted by atomic mass is 10.1. The maximum Gasteiger partial charge on any atom is 0.314 e. The molecule has 0 aromatic carbocycles. The molecule has 1 aliphatic heterocycles. The molecule has 2 heterocycles. The van der Waals surface area contributed by atoms with E-state index in [1.54, 1.807) is 0 Å². The van der Waals surface area contributed by atoms with Gasteiger partial charge in [-0.15, -0.1) is 10.2 Å². The Balaban J connectivity index is 1.94. The molecule has 0 saturated carbocycles. The first-order chi connectivity index (χ1) is 7.25. The number of aliphatic carboxylic acids is 1. The van der Waals surface area contributed by atoms with E-state index >= 15 is 0 Å². The summed E-state index contributed by atoms with van der Waals surface area (Å²) >= 11 is 1.03. The van der Waals surface area contributed by atoms with Gasteiger partial charge in [0, 0.05) is 6.61 Å². The lowest BCUT2D eigenvalue weighted by molar-refractivity contribution is -0.133. The Morgan fingerprint density at radius 1 is 1.60 bits per heavy atom. The number of ether oxygens (including phenoxy) is 1. The molecular weight excluding hydrogens is 220 g/mol. The van der Waals surface area contributed by atoms with Crippen LogP contribution in [0.1, 0.15) is 18.2 Å². The van der Waals surface area contributed by atoms with E-state index in [9.17, 15) is 4.79 Å². The maximum absolute atomic E-state index is 10.3. The molecular formula is C8H10N2O4S. The Kier molecular flexibility index (Phi) is 3.22. The van der Waals surface area contributed by atoms with Crippen LogP contribution in [0.5, 0.6) is 0 Å². The average molecular weight is 230 g/mol. The van der Waals surface area contributed by atoms with Crippen molar-refractivity contribution < 1.29 is 19.1 Å². The van der Waals surface area contributed by atoms with Crippen LogP contribution >= 0.6 is 11.8 Å². The van der Waals surface area contributed by atoms with Crippen molar-refractivity contribution in [3.63, 3.8) is 0 Å². The van der Waals surface area contributed by atoms with Gasteiger partial charge in [-0.05, 0) is 6.42 Å².